The van der Waals surface area contributed by atoms with Crippen LogP contribution >= 0.6 is 0 Å². The number of ether oxygens (including phenoxy) is 4. The number of methoxy groups -OCH3 is 2. The molecule has 1 aliphatic heterocycles. The Morgan fingerprint density at radius 1 is 0.851 bits per heavy atom. The first-order valence-corrected chi connectivity index (χ1v) is 18.8. The van der Waals surface area contributed by atoms with E-state index in [-0.39, 0.29) is 11.6 Å². The number of rotatable bonds is 11. The highest BCUT2D eigenvalue weighted by molar-refractivity contribution is 6.74. The second-order valence-corrected chi connectivity index (χ2v) is 18.3. The molecule has 0 saturated carbocycles. The molecule has 3 aromatic carbocycles. The van der Waals surface area contributed by atoms with Gasteiger partial charge in [0.2, 0.25) is 0 Å². The highest BCUT2D eigenvalue weighted by atomic mass is 28.4. The molecule has 1 fully saturated rings. The predicted octanol–water partition coefficient (Wildman–Crippen LogP) is 6.55. The van der Waals surface area contributed by atoms with Gasteiger partial charge in [-0.15, -0.1) is 0 Å². The predicted molar refractivity (Wildman–Crippen MR) is 185 cm³/mol. The zero-order valence-electron chi connectivity index (χ0n) is 28.5. The van der Waals surface area contributed by atoms with Crippen molar-refractivity contribution in [1.82, 2.24) is 9.55 Å². The van der Waals surface area contributed by atoms with Crippen molar-refractivity contribution < 1.29 is 23.4 Å². The molecule has 3 atom stereocenters. The third-order valence-electron chi connectivity index (χ3n) is 9.48. The molecule has 1 aromatic heterocycles. The van der Waals surface area contributed by atoms with Gasteiger partial charge in [-0.05, 0) is 66.0 Å². The quantitative estimate of drug-likeness (QED) is 0.144. The molecular weight excluding hydrogens is 613 g/mol. The van der Waals surface area contributed by atoms with Gasteiger partial charge in [-0.1, -0.05) is 75.4 Å². The first-order chi connectivity index (χ1) is 22.3. The molecule has 0 spiro atoms. The van der Waals surface area contributed by atoms with Crippen LogP contribution in [0.1, 0.15) is 55.8 Å². The number of nitrogens with one attached hydrogen (secondary N) is 1. The van der Waals surface area contributed by atoms with Gasteiger partial charge in [0.15, 0.2) is 14.5 Å². The van der Waals surface area contributed by atoms with Gasteiger partial charge >= 0.3 is 5.69 Å². The first kappa shape index (κ1) is 34.4. The highest BCUT2D eigenvalue weighted by Gasteiger charge is 2.47. The smallest absolute Gasteiger partial charge is 0.330 e. The van der Waals surface area contributed by atoms with Gasteiger partial charge in [-0.2, -0.15) is 0 Å². The van der Waals surface area contributed by atoms with Crippen molar-refractivity contribution in [3.63, 3.8) is 0 Å². The third kappa shape index (κ3) is 7.01. The van der Waals surface area contributed by atoms with Crippen LogP contribution in [0.4, 0.5) is 0 Å². The molecule has 1 N–H and O–H groups in total. The molecule has 0 amide bonds. The van der Waals surface area contributed by atoms with E-state index in [1.807, 2.05) is 66.7 Å². The minimum absolute atomic E-state index is 0.0671. The van der Waals surface area contributed by atoms with Gasteiger partial charge in [0.25, 0.3) is 5.56 Å². The molecule has 0 aliphatic carbocycles. The van der Waals surface area contributed by atoms with Gasteiger partial charge in [0.1, 0.15) is 17.1 Å². The second-order valence-electron chi connectivity index (χ2n) is 13.6. The van der Waals surface area contributed by atoms with Gasteiger partial charge < -0.3 is 23.4 Å². The Hall–Kier alpha value is -3.96. The fourth-order valence-electron chi connectivity index (χ4n) is 5.94. The lowest BCUT2D eigenvalue weighted by molar-refractivity contribution is -0.0870. The van der Waals surface area contributed by atoms with Crippen LogP contribution in [0.15, 0.2) is 94.5 Å². The second kappa shape index (κ2) is 13.6. The molecule has 5 rings (SSSR count). The molecule has 0 unspecified atom stereocenters. The van der Waals surface area contributed by atoms with Crippen LogP contribution in [0.3, 0.4) is 0 Å². The Morgan fingerprint density at radius 3 is 1.87 bits per heavy atom. The summed E-state index contributed by atoms with van der Waals surface area (Å²) in [5.74, 6) is 1.47. The molecule has 47 heavy (non-hydrogen) atoms. The van der Waals surface area contributed by atoms with E-state index in [0.717, 1.165) is 28.2 Å². The Morgan fingerprint density at radius 2 is 1.38 bits per heavy atom. The number of H-pyrrole nitrogens is 1. The van der Waals surface area contributed by atoms with Crippen molar-refractivity contribution >= 4 is 8.32 Å². The maximum atomic E-state index is 13.2. The summed E-state index contributed by atoms with van der Waals surface area (Å²) in [7, 11) is 1.00. The number of aryl methyl sites for hydroxylation is 1. The zero-order valence-corrected chi connectivity index (χ0v) is 29.5. The topological polar surface area (TPSA) is 101 Å². The van der Waals surface area contributed by atoms with Crippen LogP contribution < -0.4 is 20.7 Å². The summed E-state index contributed by atoms with van der Waals surface area (Å²) < 4.78 is 33.2. The number of hydrogen-bond donors (Lipinski definition) is 1. The van der Waals surface area contributed by atoms with Crippen molar-refractivity contribution in [2.75, 3.05) is 20.8 Å². The average molecular weight is 659 g/mol. The number of hydrogen-bond acceptors (Lipinski definition) is 7. The van der Waals surface area contributed by atoms with Gasteiger partial charge in [0, 0.05) is 18.2 Å². The van der Waals surface area contributed by atoms with Gasteiger partial charge in [-0.25, -0.2) is 4.79 Å². The fraction of sp³-hybridized carbons (Fsp3) is 0.405. The van der Waals surface area contributed by atoms with Crippen molar-refractivity contribution in [2.24, 2.45) is 0 Å². The molecule has 0 bridgehead atoms. The van der Waals surface area contributed by atoms with Crippen molar-refractivity contribution in [1.29, 1.82) is 0 Å². The lowest BCUT2D eigenvalue weighted by atomic mass is 9.80. The van der Waals surface area contributed by atoms with E-state index in [2.05, 4.69) is 51.0 Å². The summed E-state index contributed by atoms with van der Waals surface area (Å²) >= 11 is 0. The first-order valence-electron chi connectivity index (χ1n) is 15.9. The molecule has 1 saturated heterocycles. The molecule has 2 heterocycles. The fourth-order valence-corrected chi connectivity index (χ4v) is 7.26. The summed E-state index contributed by atoms with van der Waals surface area (Å²) in [6, 6.07) is 27.3. The summed E-state index contributed by atoms with van der Waals surface area (Å²) in [5, 5.41) is -0.0671. The highest BCUT2D eigenvalue weighted by Crippen LogP contribution is 2.44. The van der Waals surface area contributed by atoms with Crippen molar-refractivity contribution in [3.05, 3.63) is 128 Å². The lowest BCUT2D eigenvalue weighted by Gasteiger charge is -2.39. The van der Waals surface area contributed by atoms with E-state index in [1.165, 1.54) is 10.6 Å². The van der Waals surface area contributed by atoms with Crippen LogP contribution in [0.5, 0.6) is 11.5 Å². The molecule has 250 valence electrons. The lowest BCUT2D eigenvalue weighted by Crippen LogP contribution is -2.46. The Balaban J connectivity index is 1.57. The van der Waals surface area contributed by atoms with Crippen LogP contribution in [0, 0.1) is 6.92 Å². The Kier molecular flexibility index (Phi) is 9.98. The Bertz CT molecular complexity index is 1710. The van der Waals surface area contributed by atoms with Gasteiger partial charge in [0.05, 0.1) is 33.0 Å². The average Bonchev–Trinajstić information content (AvgIpc) is 3.42. The zero-order chi connectivity index (χ0) is 34.0. The minimum Gasteiger partial charge on any atom is -0.497 e. The van der Waals surface area contributed by atoms with E-state index < -0.39 is 43.6 Å². The largest absolute Gasteiger partial charge is 0.497 e. The van der Waals surface area contributed by atoms with Crippen LogP contribution in [-0.2, 0) is 19.5 Å². The normalized spacial score (nSPS) is 18.7. The third-order valence-corrected chi connectivity index (χ3v) is 14.0. The van der Waals surface area contributed by atoms with Crippen molar-refractivity contribution in [2.45, 2.75) is 76.3 Å². The summed E-state index contributed by atoms with van der Waals surface area (Å²) in [5.41, 5.74) is 1.25. The maximum absolute atomic E-state index is 13.2. The molecule has 9 nitrogen and oxygen atoms in total. The van der Waals surface area contributed by atoms with Crippen LogP contribution in [0.2, 0.25) is 18.1 Å². The molecule has 10 heteroatoms. The SMILES string of the molecule is COc1ccc(C(OC[C@H]2C[C@@H](O[Si](C)(C)C(C)(C)C)[C@H](n3c(C)cc(=O)[nH]c3=O)O2)(c2ccccc2)c2ccc(OC)cc2)cc1. The number of nitrogens with zero attached hydrogens (tertiary/aromatic N) is 1. The number of benzene rings is 3. The summed E-state index contributed by atoms with van der Waals surface area (Å²) in [4.78, 5) is 27.7. The van der Waals surface area contributed by atoms with E-state index in [1.54, 1.807) is 21.1 Å². The van der Waals surface area contributed by atoms with Crippen molar-refractivity contribution in [3.8, 4) is 11.5 Å². The number of aromatic nitrogens is 2. The standard InChI is InChI=1S/C37H46N2O7Si/c1-25-22-33(40)38-35(41)39(25)34-32(46-47(7,8)36(2,3)4)23-31(45-34)24-44-37(26-12-10-9-11-13-26,27-14-18-29(42-5)19-15-27)28-16-20-30(43-6)21-17-28/h9-22,31-32,34H,23-24H2,1-8H3,(H,38,40,41)/t31-,32-,34-/m1/s1. The summed E-state index contributed by atoms with van der Waals surface area (Å²) in [6.45, 7) is 12.8. The molecule has 1 aliphatic rings. The monoisotopic (exact) mass is 658 g/mol. The van der Waals surface area contributed by atoms with Gasteiger partial charge in [-0.3, -0.25) is 14.3 Å². The minimum atomic E-state index is -2.29. The Labute approximate surface area is 277 Å². The molecule has 0 radical (unpaired) electrons. The van der Waals surface area contributed by atoms with E-state index in [4.69, 9.17) is 23.4 Å². The number of aromatic amines is 1. The van der Waals surface area contributed by atoms with E-state index in [9.17, 15) is 9.59 Å². The summed E-state index contributed by atoms with van der Waals surface area (Å²) in [6.07, 6.45) is -1.10. The maximum Gasteiger partial charge on any atom is 0.330 e. The van der Waals surface area contributed by atoms with Crippen LogP contribution in [0.25, 0.3) is 0 Å². The van der Waals surface area contributed by atoms with Crippen LogP contribution in [-0.4, -0.2) is 50.9 Å². The van der Waals surface area contributed by atoms with E-state index >= 15 is 0 Å². The molecule has 4 aromatic rings. The van der Waals surface area contributed by atoms with E-state index in [0.29, 0.717) is 12.1 Å². The molecular formula is C37H46N2O7Si.